The van der Waals surface area contributed by atoms with Gasteiger partial charge >= 0.3 is 0 Å². The summed E-state index contributed by atoms with van der Waals surface area (Å²) in [4.78, 5) is 12.4. The van der Waals surface area contributed by atoms with Crippen LogP contribution in [0.15, 0.2) is 46.5 Å². The van der Waals surface area contributed by atoms with Crippen LogP contribution in [0.2, 0.25) is 0 Å². The van der Waals surface area contributed by atoms with Crippen molar-refractivity contribution in [2.75, 3.05) is 18.1 Å². The molecule has 0 bridgehead atoms. The van der Waals surface area contributed by atoms with E-state index in [0.29, 0.717) is 35.6 Å². The smallest absolute Gasteiger partial charge is 0.226 e. The Kier molecular flexibility index (Phi) is 5.80. The first-order valence-electron chi connectivity index (χ1n) is 12.1. The van der Waals surface area contributed by atoms with Crippen molar-refractivity contribution in [2.45, 2.75) is 56.6 Å². The van der Waals surface area contributed by atoms with Crippen molar-refractivity contribution in [1.82, 2.24) is 19.6 Å². The Morgan fingerprint density at radius 2 is 1.89 bits per heavy atom. The number of aromatic amines is 1. The lowest BCUT2D eigenvalue weighted by molar-refractivity contribution is 0.178. The fourth-order valence-electron chi connectivity index (χ4n) is 5.20. The fraction of sp³-hybridized carbons (Fsp3) is 0.423. The van der Waals surface area contributed by atoms with Gasteiger partial charge in [0, 0.05) is 24.7 Å². The molecule has 0 aliphatic carbocycles. The lowest BCUT2D eigenvalue weighted by atomic mass is 9.75. The summed E-state index contributed by atoms with van der Waals surface area (Å²) in [6.07, 6.45) is 2.39. The molecule has 1 atom stereocenters. The summed E-state index contributed by atoms with van der Waals surface area (Å²) >= 11 is 0. The zero-order valence-corrected chi connectivity index (χ0v) is 21.7. The number of nitrogens with one attached hydrogen (secondary N) is 1. The number of piperidine rings is 1. The molecular weight excluding hydrogens is 476 g/mol. The molecule has 2 N–H and O–H groups in total. The molecule has 1 aromatic carbocycles. The zero-order chi connectivity index (χ0) is 25.8. The first kappa shape index (κ1) is 24.3. The number of fused-ring (bicyclic) bond motifs is 3. The first-order chi connectivity index (χ1) is 17.1. The van der Waals surface area contributed by atoms with Gasteiger partial charge in [0.15, 0.2) is 10.9 Å². The molecular formula is C26H30N6O3S. The van der Waals surface area contributed by atoms with Crippen molar-refractivity contribution >= 4 is 31.9 Å². The number of aliphatic hydroxyl groups excluding tert-OH is 1. The molecule has 1 saturated heterocycles. The quantitative estimate of drug-likeness (QED) is 0.419. The number of rotatable bonds is 5. The highest BCUT2D eigenvalue weighted by atomic mass is 32.2. The summed E-state index contributed by atoms with van der Waals surface area (Å²) in [6.45, 7) is 8.62. The lowest BCUT2D eigenvalue weighted by Crippen LogP contribution is -2.45. The van der Waals surface area contributed by atoms with Gasteiger partial charge in [0.2, 0.25) is 9.84 Å². The van der Waals surface area contributed by atoms with Crippen molar-refractivity contribution in [1.29, 1.82) is 5.26 Å². The molecule has 0 saturated carbocycles. The molecule has 1 aliphatic heterocycles. The zero-order valence-electron chi connectivity index (χ0n) is 20.9. The maximum absolute atomic E-state index is 13.9. The van der Waals surface area contributed by atoms with Gasteiger partial charge in [-0.1, -0.05) is 18.2 Å². The number of pyridine rings is 1. The molecule has 1 fully saturated rings. The van der Waals surface area contributed by atoms with Gasteiger partial charge in [0.1, 0.15) is 22.8 Å². The number of aliphatic hydroxyl groups is 1. The van der Waals surface area contributed by atoms with Gasteiger partial charge in [0.25, 0.3) is 0 Å². The number of H-pyrrole nitrogens is 1. The predicted octanol–water partition coefficient (Wildman–Crippen LogP) is 4.00. The van der Waals surface area contributed by atoms with E-state index in [0.717, 1.165) is 18.2 Å². The van der Waals surface area contributed by atoms with E-state index >= 15 is 0 Å². The van der Waals surface area contributed by atoms with Crippen LogP contribution in [0.4, 0.5) is 0 Å². The summed E-state index contributed by atoms with van der Waals surface area (Å²) in [5.41, 5.74) is 1.47. The van der Waals surface area contributed by atoms with Crippen LogP contribution in [0.25, 0.3) is 22.1 Å². The molecule has 188 valence electrons. The SMILES string of the molecule is Cc1ccccc1S(=O)(=O)c1nc2[nH]ccc2c2c1nc([C@@H](C)O)n2N1CCC(C(C)(C)C#N)CC1. The summed E-state index contributed by atoms with van der Waals surface area (Å²) in [5.74, 6) is 0.606. The monoisotopic (exact) mass is 506 g/mol. The Morgan fingerprint density at radius 1 is 1.19 bits per heavy atom. The van der Waals surface area contributed by atoms with Crippen molar-refractivity contribution in [2.24, 2.45) is 11.3 Å². The van der Waals surface area contributed by atoms with Gasteiger partial charge in [-0.3, -0.25) is 0 Å². The van der Waals surface area contributed by atoms with Crippen LogP contribution in [0, 0.1) is 29.6 Å². The third-order valence-electron chi connectivity index (χ3n) is 7.35. The second-order valence-corrected chi connectivity index (χ2v) is 12.0. The first-order valence-corrected chi connectivity index (χ1v) is 13.6. The predicted molar refractivity (Wildman–Crippen MR) is 137 cm³/mol. The molecule has 1 aliphatic rings. The minimum atomic E-state index is -4.00. The second-order valence-electron chi connectivity index (χ2n) is 10.1. The Morgan fingerprint density at radius 3 is 2.53 bits per heavy atom. The second kappa shape index (κ2) is 8.61. The maximum Gasteiger partial charge on any atom is 0.226 e. The van der Waals surface area contributed by atoms with Crippen LogP contribution >= 0.6 is 0 Å². The Bertz CT molecular complexity index is 1600. The fourth-order valence-corrected chi connectivity index (χ4v) is 6.77. The van der Waals surface area contributed by atoms with Crippen molar-refractivity contribution in [3.8, 4) is 6.07 Å². The topological polar surface area (TPSA) is 128 Å². The third kappa shape index (κ3) is 3.74. The molecule has 0 amide bonds. The number of nitrogens with zero attached hydrogens (tertiary/aromatic N) is 5. The normalized spacial score (nSPS) is 16.5. The number of imidazole rings is 1. The van der Waals surface area contributed by atoms with Gasteiger partial charge in [-0.15, -0.1) is 0 Å². The Hall–Kier alpha value is -3.42. The highest BCUT2D eigenvalue weighted by Crippen LogP contribution is 2.37. The third-order valence-corrected chi connectivity index (χ3v) is 9.18. The van der Waals surface area contributed by atoms with Crippen LogP contribution in [-0.4, -0.2) is 46.2 Å². The molecule has 9 nitrogen and oxygen atoms in total. The number of sulfone groups is 1. The van der Waals surface area contributed by atoms with Gasteiger partial charge in [-0.2, -0.15) is 5.26 Å². The van der Waals surface area contributed by atoms with Crippen molar-refractivity contribution in [3.63, 3.8) is 0 Å². The van der Waals surface area contributed by atoms with Crippen LogP contribution in [-0.2, 0) is 9.84 Å². The van der Waals surface area contributed by atoms with E-state index in [2.05, 4.69) is 26.0 Å². The van der Waals surface area contributed by atoms with E-state index in [-0.39, 0.29) is 21.4 Å². The minimum Gasteiger partial charge on any atom is -0.385 e. The van der Waals surface area contributed by atoms with Gasteiger partial charge in [-0.25, -0.2) is 23.1 Å². The number of benzene rings is 1. The highest BCUT2D eigenvalue weighted by molar-refractivity contribution is 7.91. The van der Waals surface area contributed by atoms with E-state index < -0.39 is 21.4 Å². The van der Waals surface area contributed by atoms with E-state index in [1.807, 2.05) is 24.6 Å². The summed E-state index contributed by atoms with van der Waals surface area (Å²) in [6, 6.07) is 11.1. The molecule has 36 heavy (non-hydrogen) atoms. The summed E-state index contributed by atoms with van der Waals surface area (Å²) in [7, 11) is -4.00. The van der Waals surface area contributed by atoms with E-state index in [1.54, 1.807) is 44.3 Å². The number of hydrogen-bond acceptors (Lipinski definition) is 7. The molecule has 4 aromatic rings. The van der Waals surface area contributed by atoms with E-state index in [1.165, 1.54) is 0 Å². The van der Waals surface area contributed by atoms with Crippen LogP contribution in [0.1, 0.15) is 51.1 Å². The molecule has 4 heterocycles. The molecule has 0 unspecified atom stereocenters. The van der Waals surface area contributed by atoms with Gasteiger partial charge in [0.05, 0.1) is 16.4 Å². The molecule has 0 spiro atoms. The van der Waals surface area contributed by atoms with E-state index in [4.69, 9.17) is 0 Å². The summed E-state index contributed by atoms with van der Waals surface area (Å²) < 4.78 is 29.6. The molecule has 10 heteroatoms. The van der Waals surface area contributed by atoms with Crippen LogP contribution in [0.5, 0.6) is 0 Å². The standard InChI is InChI=1S/C26H30N6O3S/c1-16-7-5-6-8-20(16)36(34,35)25-21-22(19-9-12-28-23(19)30-25)32(24(29-21)17(2)33)31-13-10-18(11-14-31)26(3,4)15-27/h5-9,12,17-18,33H,10-11,13-14H2,1-4H3,(H,28,30)/t17-/m1/s1. The Balaban J connectivity index is 1.73. The van der Waals surface area contributed by atoms with E-state index in [9.17, 15) is 18.8 Å². The highest BCUT2D eigenvalue weighted by Gasteiger charge is 2.35. The Labute approximate surface area is 210 Å². The molecule has 5 rings (SSSR count). The largest absolute Gasteiger partial charge is 0.385 e. The molecule has 3 aromatic heterocycles. The van der Waals surface area contributed by atoms with Crippen molar-refractivity contribution in [3.05, 3.63) is 47.9 Å². The van der Waals surface area contributed by atoms with Gasteiger partial charge < -0.3 is 15.1 Å². The number of aromatic nitrogens is 4. The average Bonchev–Trinajstić information content (AvgIpc) is 3.48. The number of nitriles is 1. The number of aryl methyl sites for hydroxylation is 1. The van der Waals surface area contributed by atoms with Crippen LogP contribution in [0.3, 0.4) is 0 Å². The minimum absolute atomic E-state index is 0.136. The molecule has 0 radical (unpaired) electrons. The maximum atomic E-state index is 13.9. The van der Waals surface area contributed by atoms with Crippen LogP contribution < -0.4 is 5.01 Å². The van der Waals surface area contributed by atoms with Crippen molar-refractivity contribution < 1.29 is 13.5 Å². The average molecular weight is 507 g/mol. The van der Waals surface area contributed by atoms with Gasteiger partial charge in [-0.05, 0) is 64.2 Å². The number of hydrogen-bond donors (Lipinski definition) is 2. The lowest BCUT2D eigenvalue weighted by Gasteiger charge is -2.39. The summed E-state index contributed by atoms with van der Waals surface area (Å²) in [5, 5.41) is 23.0.